The van der Waals surface area contributed by atoms with E-state index >= 15 is 0 Å². The minimum absolute atomic E-state index is 0.229. The molecule has 1 atom stereocenters. The fraction of sp³-hybridized carbons (Fsp3) is 0.348. The predicted octanol–water partition coefficient (Wildman–Crippen LogP) is 3.20. The molecule has 1 saturated heterocycles. The number of carbonyl (C=O) groups excluding carboxylic acids is 3. The average Bonchev–Trinajstić information content (AvgIpc) is 3.31. The van der Waals surface area contributed by atoms with Crippen LogP contribution in [-0.4, -0.2) is 48.7 Å². The molecule has 8 heteroatoms. The topological polar surface area (TPSA) is 84.9 Å². The lowest BCUT2D eigenvalue weighted by atomic mass is 10.1. The van der Waals surface area contributed by atoms with Crippen LogP contribution in [0.25, 0.3) is 0 Å². The second-order valence-electron chi connectivity index (χ2n) is 7.38. The Labute approximate surface area is 185 Å². The van der Waals surface area contributed by atoms with E-state index in [4.69, 9.17) is 9.47 Å². The first kappa shape index (κ1) is 21.2. The van der Waals surface area contributed by atoms with Gasteiger partial charge in [0.2, 0.25) is 5.91 Å². The van der Waals surface area contributed by atoms with E-state index in [1.807, 2.05) is 42.5 Å². The van der Waals surface area contributed by atoms with Crippen LogP contribution in [0.15, 0.2) is 42.5 Å². The third kappa shape index (κ3) is 5.02. The van der Waals surface area contributed by atoms with Crippen LogP contribution in [0, 0.1) is 0 Å². The van der Waals surface area contributed by atoms with Gasteiger partial charge in [0.1, 0.15) is 12.4 Å². The van der Waals surface area contributed by atoms with Crippen LogP contribution in [0.3, 0.4) is 0 Å². The molecule has 1 fully saturated rings. The Kier molecular flexibility index (Phi) is 6.46. The van der Waals surface area contributed by atoms with Crippen molar-refractivity contribution in [2.75, 3.05) is 31.2 Å². The van der Waals surface area contributed by atoms with Crippen molar-refractivity contribution in [2.45, 2.75) is 25.0 Å². The number of amides is 2. The third-order valence-corrected chi connectivity index (χ3v) is 6.31. The lowest BCUT2D eigenvalue weighted by molar-refractivity contribution is -0.118. The van der Waals surface area contributed by atoms with Crippen molar-refractivity contribution < 1.29 is 23.9 Å². The number of hydrogen-bond donors (Lipinski definition) is 1. The molecule has 0 aliphatic carbocycles. The molecule has 1 unspecified atom stereocenters. The second-order valence-corrected chi connectivity index (χ2v) is 8.56. The molecule has 2 aromatic carbocycles. The quantitative estimate of drug-likeness (QED) is 0.631. The fourth-order valence-electron chi connectivity index (χ4n) is 3.76. The number of benzene rings is 2. The summed E-state index contributed by atoms with van der Waals surface area (Å²) in [6, 6.07) is 13.3. The van der Waals surface area contributed by atoms with Crippen molar-refractivity contribution >= 4 is 34.6 Å². The first-order chi connectivity index (χ1) is 15.0. The number of hydrogen-bond acceptors (Lipinski definition) is 7. The van der Waals surface area contributed by atoms with Gasteiger partial charge in [0.25, 0.3) is 5.24 Å². The number of nitrogens with zero attached hydrogens (tertiary/aromatic N) is 1. The Hall–Kier alpha value is -3.00. The van der Waals surface area contributed by atoms with Gasteiger partial charge in [-0.05, 0) is 55.2 Å². The summed E-state index contributed by atoms with van der Waals surface area (Å²) < 4.78 is 11.0. The van der Waals surface area contributed by atoms with Crippen molar-refractivity contribution in [2.24, 2.45) is 0 Å². The maximum Gasteiger partial charge on any atom is 0.338 e. The molecule has 162 valence electrons. The van der Waals surface area contributed by atoms with Crippen LogP contribution >= 0.6 is 11.8 Å². The summed E-state index contributed by atoms with van der Waals surface area (Å²) >= 11 is 1.04. The Morgan fingerprint density at radius 2 is 2.00 bits per heavy atom. The van der Waals surface area contributed by atoms with E-state index in [1.165, 1.54) is 5.56 Å². The van der Waals surface area contributed by atoms with Gasteiger partial charge < -0.3 is 14.4 Å². The highest BCUT2D eigenvalue weighted by molar-refractivity contribution is 8.15. The molecular weight excluding hydrogens is 416 g/mol. The number of ether oxygens (including phenoxy) is 2. The Morgan fingerprint density at radius 3 is 2.71 bits per heavy atom. The Balaban J connectivity index is 1.29. The molecule has 0 bridgehead atoms. The van der Waals surface area contributed by atoms with Crippen LogP contribution < -0.4 is 15.0 Å². The molecule has 2 aliphatic rings. The zero-order valence-electron chi connectivity index (χ0n) is 17.3. The van der Waals surface area contributed by atoms with Crippen molar-refractivity contribution in [1.29, 1.82) is 0 Å². The molecule has 2 amide bonds. The van der Waals surface area contributed by atoms with E-state index < -0.39 is 0 Å². The number of fused-ring (bicyclic) bond motifs is 1. The zero-order valence-corrected chi connectivity index (χ0v) is 18.1. The summed E-state index contributed by atoms with van der Waals surface area (Å²) in [6.07, 6.45) is 1.46. The van der Waals surface area contributed by atoms with E-state index in [0.717, 1.165) is 41.7 Å². The van der Waals surface area contributed by atoms with Gasteiger partial charge in [0.05, 0.1) is 24.0 Å². The average molecular weight is 441 g/mol. The third-order valence-electron chi connectivity index (χ3n) is 5.33. The minimum Gasteiger partial charge on any atom is -0.492 e. The van der Waals surface area contributed by atoms with Crippen molar-refractivity contribution in [3.63, 3.8) is 0 Å². The van der Waals surface area contributed by atoms with E-state index in [1.54, 1.807) is 6.92 Å². The van der Waals surface area contributed by atoms with Crippen LogP contribution in [0.2, 0.25) is 0 Å². The first-order valence-corrected chi connectivity index (χ1v) is 11.2. The molecular formula is C23H24N2O5S. The number of carbonyl (C=O) groups is 3. The van der Waals surface area contributed by atoms with Gasteiger partial charge in [0, 0.05) is 12.2 Å². The lowest BCUT2D eigenvalue weighted by Crippen LogP contribution is -2.26. The largest absolute Gasteiger partial charge is 0.492 e. The van der Waals surface area contributed by atoms with Crippen LogP contribution in [0.5, 0.6) is 5.75 Å². The highest BCUT2D eigenvalue weighted by atomic mass is 32.2. The fourth-order valence-corrected chi connectivity index (χ4v) is 4.62. The van der Waals surface area contributed by atoms with Gasteiger partial charge >= 0.3 is 5.97 Å². The molecule has 2 aromatic rings. The van der Waals surface area contributed by atoms with Crippen molar-refractivity contribution in [3.8, 4) is 5.75 Å². The van der Waals surface area contributed by atoms with Gasteiger partial charge in [-0.15, -0.1) is 0 Å². The van der Waals surface area contributed by atoms with Gasteiger partial charge in [-0.25, -0.2) is 4.79 Å². The highest BCUT2D eigenvalue weighted by Crippen LogP contribution is 2.29. The lowest BCUT2D eigenvalue weighted by Gasteiger charge is -2.20. The van der Waals surface area contributed by atoms with E-state index in [2.05, 4.69) is 10.2 Å². The molecule has 0 aromatic heterocycles. The summed E-state index contributed by atoms with van der Waals surface area (Å²) in [5, 5.41) is 1.66. The molecule has 1 N–H and O–H groups in total. The predicted molar refractivity (Wildman–Crippen MR) is 119 cm³/mol. The molecule has 7 nitrogen and oxygen atoms in total. The second kappa shape index (κ2) is 9.43. The molecule has 0 radical (unpaired) electrons. The smallest absolute Gasteiger partial charge is 0.338 e. The minimum atomic E-state index is -0.367. The van der Waals surface area contributed by atoms with Crippen molar-refractivity contribution in [1.82, 2.24) is 5.32 Å². The van der Waals surface area contributed by atoms with Gasteiger partial charge in [-0.3, -0.25) is 14.9 Å². The number of esters is 1. The van der Waals surface area contributed by atoms with Crippen molar-refractivity contribution in [3.05, 3.63) is 59.2 Å². The van der Waals surface area contributed by atoms with Gasteiger partial charge in [-0.1, -0.05) is 30.0 Å². The summed E-state index contributed by atoms with van der Waals surface area (Å²) in [5.41, 5.74) is 3.84. The maximum absolute atomic E-state index is 12.0. The van der Waals surface area contributed by atoms with Crippen LogP contribution in [0.1, 0.15) is 28.4 Å². The molecule has 2 aliphatic heterocycles. The molecule has 31 heavy (non-hydrogen) atoms. The highest BCUT2D eigenvalue weighted by Gasteiger charge is 2.31. The Morgan fingerprint density at radius 1 is 1.19 bits per heavy atom. The maximum atomic E-state index is 12.0. The van der Waals surface area contributed by atoms with Gasteiger partial charge in [-0.2, -0.15) is 0 Å². The van der Waals surface area contributed by atoms with Gasteiger partial charge in [0.15, 0.2) is 0 Å². The van der Waals surface area contributed by atoms with E-state index in [-0.39, 0.29) is 22.4 Å². The molecule has 0 saturated carbocycles. The number of rotatable bonds is 8. The number of anilines is 1. The number of imide groups is 1. The first-order valence-electron chi connectivity index (χ1n) is 10.3. The molecule has 4 rings (SSSR count). The number of nitrogens with one attached hydrogen (secondary N) is 1. The number of thioether (sulfide) groups is 1. The standard InChI is InChI=1S/C23H24N2O5S/c1-2-29-22(27)17-6-5-16-9-10-25(19(16)14-17)11-12-30-18-7-3-15(4-8-18)13-20-21(26)24-23(28)31-20/h3-8,14,20H,2,9-13H2,1H3,(H,24,26,28). The summed E-state index contributed by atoms with van der Waals surface area (Å²) in [5.74, 6) is 0.224. The van der Waals surface area contributed by atoms with E-state index in [9.17, 15) is 14.4 Å². The summed E-state index contributed by atoms with van der Waals surface area (Å²) in [6.45, 7) is 4.27. The Bertz CT molecular complexity index is 992. The monoisotopic (exact) mass is 440 g/mol. The SMILES string of the molecule is CCOC(=O)c1ccc2c(c1)N(CCOc1ccc(CC3SC(=O)NC3=O)cc1)CC2. The molecule has 0 spiro atoms. The molecule has 2 heterocycles. The van der Waals surface area contributed by atoms with Crippen LogP contribution in [-0.2, 0) is 22.4 Å². The van der Waals surface area contributed by atoms with Crippen LogP contribution in [0.4, 0.5) is 10.5 Å². The zero-order chi connectivity index (χ0) is 21.8. The normalized spacial score (nSPS) is 17.5. The summed E-state index contributed by atoms with van der Waals surface area (Å²) in [4.78, 5) is 37.2. The van der Waals surface area contributed by atoms with E-state index in [0.29, 0.717) is 31.7 Å². The summed E-state index contributed by atoms with van der Waals surface area (Å²) in [7, 11) is 0.